The van der Waals surface area contributed by atoms with Crippen molar-refractivity contribution < 1.29 is 38.9 Å². The van der Waals surface area contributed by atoms with E-state index in [1.807, 2.05) is 13.8 Å². The average Bonchev–Trinajstić information content (AvgIpc) is 3.48. The zero-order valence-corrected chi connectivity index (χ0v) is 28.9. The van der Waals surface area contributed by atoms with Crippen molar-refractivity contribution in [2.45, 2.75) is 72.3 Å². The predicted octanol–water partition coefficient (Wildman–Crippen LogP) is 4.53. The first-order valence-electron chi connectivity index (χ1n) is 16.5. The molecule has 4 N–H and O–H groups in total. The van der Waals surface area contributed by atoms with Crippen molar-refractivity contribution in [2.75, 3.05) is 32.8 Å². The van der Waals surface area contributed by atoms with E-state index in [9.17, 15) is 29.4 Å². The van der Waals surface area contributed by atoms with Gasteiger partial charge < -0.3 is 35.2 Å². The Balaban J connectivity index is 1.39. The zero-order valence-electron chi connectivity index (χ0n) is 28.9. The highest BCUT2D eigenvalue weighted by atomic mass is 16.6. The fraction of sp³-hybridized carbons (Fsp3) is 0.486. The van der Waals surface area contributed by atoms with Gasteiger partial charge in [0, 0.05) is 43.5 Å². The van der Waals surface area contributed by atoms with Crippen LogP contribution in [-0.2, 0) is 14.3 Å². The van der Waals surface area contributed by atoms with Crippen LogP contribution in [-0.4, -0.2) is 92.1 Å². The van der Waals surface area contributed by atoms with Gasteiger partial charge in [0.05, 0.1) is 18.6 Å². The van der Waals surface area contributed by atoms with Gasteiger partial charge in [0.25, 0.3) is 11.8 Å². The lowest BCUT2D eigenvalue weighted by Gasteiger charge is -2.31. The second-order valence-corrected chi connectivity index (χ2v) is 13.3. The largest absolute Gasteiger partial charge is 0.508 e. The Morgan fingerprint density at radius 2 is 1.65 bits per heavy atom. The molecule has 1 aliphatic heterocycles. The van der Waals surface area contributed by atoms with Crippen LogP contribution >= 0.6 is 0 Å². The quantitative estimate of drug-likeness (QED) is 0.210. The lowest BCUT2D eigenvalue weighted by molar-refractivity contribution is -0.154. The van der Waals surface area contributed by atoms with Crippen molar-refractivity contribution in [3.8, 4) is 28.6 Å². The van der Waals surface area contributed by atoms with Crippen molar-refractivity contribution in [1.29, 1.82) is 0 Å². The Hall–Kier alpha value is -5.14. The summed E-state index contributed by atoms with van der Waals surface area (Å²) in [7, 11) is 0. The minimum absolute atomic E-state index is 0.00416. The third kappa shape index (κ3) is 9.48. The van der Waals surface area contributed by atoms with E-state index in [1.165, 1.54) is 10.6 Å². The molecular formula is C35H46N6O8. The molecule has 0 saturated carbocycles. The standard InChI is InChI=1S/C35H46N6O8/c1-7-36-32(45)31-39-38-30(26-18-25(21(2)3)27(42)19-28(26)43)41(31)24-10-8-23(9-11-24)33(46)40-16-13-22(14-17-40)20-48-34(47)37-15-12-29(44)49-35(4,5)6/h8-11,18-19,21-22,42-43H,7,12-17,20H2,1-6H3,(H,36,45)(H,37,47). The molecule has 0 bridgehead atoms. The summed E-state index contributed by atoms with van der Waals surface area (Å²) < 4.78 is 12.1. The van der Waals surface area contributed by atoms with Gasteiger partial charge in [0.2, 0.25) is 5.82 Å². The minimum atomic E-state index is -0.602. The molecule has 0 aliphatic carbocycles. The Bertz CT molecular complexity index is 1650. The van der Waals surface area contributed by atoms with E-state index in [0.717, 1.165) is 0 Å². The van der Waals surface area contributed by atoms with Gasteiger partial charge in [-0.1, -0.05) is 13.8 Å². The van der Waals surface area contributed by atoms with E-state index in [1.54, 1.807) is 62.9 Å². The number of hydrogen-bond acceptors (Lipinski definition) is 10. The van der Waals surface area contributed by atoms with Gasteiger partial charge in [-0.25, -0.2) is 4.79 Å². The molecule has 14 nitrogen and oxygen atoms in total. The molecule has 3 aromatic rings. The molecule has 1 aliphatic rings. The summed E-state index contributed by atoms with van der Waals surface area (Å²) in [4.78, 5) is 52.0. The van der Waals surface area contributed by atoms with Gasteiger partial charge in [-0.3, -0.25) is 19.0 Å². The maximum Gasteiger partial charge on any atom is 0.407 e. The lowest BCUT2D eigenvalue weighted by Crippen LogP contribution is -2.40. The predicted molar refractivity (Wildman–Crippen MR) is 181 cm³/mol. The smallest absolute Gasteiger partial charge is 0.407 e. The number of phenols is 2. The molecule has 2 heterocycles. The Morgan fingerprint density at radius 3 is 2.27 bits per heavy atom. The van der Waals surface area contributed by atoms with E-state index in [2.05, 4.69) is 20.8 Å². The summed E-state index contributed by atoms with van der Waals surface area (Å²) in [6, 6.07) is 9.57. The van der Waals surface area contributed by atoms with E-state index >= 15 is 0 Å². The van der Waals surface area contributed by atoms with Gasteiger partial charge in [0.15, 0.2) is 5.82 Å². The second kappa shape index (κ2) is 15.8. The van der Waals surface area contributed by atoms with Crippen molar-refractivity contribution in [3.05, 3.63) is 53.3 Å². The normalized spacial score (nSPS) is 13.7. The minimum Gasteiger partial charge on any atom is -0.508 e. The van der Waals surface area contributed by atoms with Crippen LogP contribution in [0.3, 0.4) is 0 Å². The number of likely N-dealkylation sites (tertiary alicyclic amines) is 1. The summed E-state index contributed by atoms with van der Waals surface area (Å²) in [6.45, 7) is 12.6. The number of ether oxygens (including phenoxy) is 2. The highest BCUT2D eigenvalue weighted by Gasteiger charge is 2.27. The SMILES string of the molecule is CCNC(=O)c1nnc(-c2cc(C(C)C)c(O)cc2O)n1-c1ccc(C(=O)N2CCC(COC(=O)NCCC(=O)OC(C)(C)C)CC2)cc1. The number of hydrogen-bond donors (Lipinski definition) is 4. The number of phenolic OH excluding ortho intramolecular Hbond substituents is 2. The van der Waals surface area contributed by atoms with E-state index in [4.69, 9.17) is 9.47 Å². The molecule has 1 saturated heterocycles. The van der Waals surface area contributed by atoms with Crippen molar-refractivity contribution in [1.82, 2.24) is 30.3 Å². The van der Waals surface area contributed by atoms with Gasteiger partial charge in [-0.2, -0.15) is 0 Å². The molecule has 0 radical (unpaired) electrons. The first kappa shape index (κ1) is 36.7. The molecule has 49 heavy (non-hydrogen) atoms. The van der Waals surface area contributed by atoms with Crippen molar-refractivity contribution >= 4 is 23.9 Å². The molecule has 0 spiro atoms. The number of nitrogens with zero attached hydrogens (tertiary/aromatic N) is 4. The number of esters is 1. The van der Waals surface area contributed by atoms with Crippen LogP contribution in [0.1, 0.15) is 93.3 Å². The lowest BCUT2D eigenvalue weighted by atomic mass is 9.97. The number of alkyl carbamates (subject to hydrolysis) is 1. The van der Waals surface area contributed by atoms with Crippen LogP contribution in [0.25, 0.3) is 17.1 Å². The topological polar surface area (TPSA) is 185 Å². The average molecular weight is 679 g/mol. The fourth-order valence-corrected chi connectivity index (χ4v) is 5.47. The molecule has 4 rings (SSSR count). The summed E-state index contributed by atoms with van der Waals surface area (Å²) >= 11 is 0. The Morgan fingerprint density at radius 1 is 0.980 bits per heavy atom. The second-order valence-electron chi connectivity index (χ2n) is 13.3. The third-order valence-corrected chi connectivity index (χ3v) is 7.95. The molecule has 1 aromatic heterocycles. The van der Waals surface area contributed by atoms with Crippen LogP contribution in [0.5, 0.6) is 11.5 Å². The molecule has 2 aromatic carbocycles. The highest BCUT2D eigenvalue weighted by molar-refractivity contribution is 5.95. The van der Waals surface area contributed by atoms with Crippen LogP contribution in [0.15, 0.2) is 36.4 Å². The van der Waals surface area contributed by atoms with Crippen LogP contribution < -0.4 is 10.6 Å². The summed E-state index contributed by atoms with van der Waals surface area (Å²) in [5.74, 6) is -1.07. The number of nitrogens with one attached hydrogen (secondary N) is 2. The van der Waals surface area contributed by atoms with E-state index in [-0.39, 0.29) is 66.0 Å². The van der Waals surface area contributed by atoms with Crippen molar-refractivity contribution in [2.24, 2.45) is 5.92 Å². The maximum absolute atomic E-state index is 13.4. The number of piperidine rings is 1. The van der Waals surface area contributed by atoms with E-state index in [0.29, 0.717) is 49.3 Å². The summed E-state index contributed by atoms with van der Waals surface area (Å²) in [5, 5.41) is 34.8. The van der Waals surface area contributed by atoms with Crippen molar-refractivity contribution in [3.63, 3.8) is 0 Å². The number of aromatic hydroxyl groups is 2. The van der Waals surface area contributed by atoms with Gasteiger partial charge in [0.1, 0.15) is 17.1 Å². The monoisotopic (exact) mass is 678 g/mol. The zero-order chi connectivity index (χ0) is 35.9. The molecule has 0 unspecified atom stereocenters. The van der Waals surface area contributed by atoms with Crippen LogP contribution in [0, 0.1) is 5.92 Å². The first-order valence-corrected chi connectivity index (χ1v) is 16.5. The number of aromatic nitrogens is 3. The van der Waals surface area contributed by atoms with Gasteiger partial charge >= 0.3 is 12.1 Å². The van der Waals surface area contributed by atoms with E-state index < -0.39 is 23.6 Å². The molecule has 0 atom stereocenters. The van der Waals surface area contributed by atoms with Crippen LogP contribution in [0.2, 0.25) is 0 Å². The van der Waals surface area contributed by atoms with Gasteiger partial charge in [-0.05, 0) is 88.3 Å². The Kier molecular flexibility index (Phi) is 11.9. The Labute approximate surface area is 285 Å². The number of carbonyl (C=O) groups is 4. The highest BCUT2D eigenvalue weighted by Crippen LogP contribution is 2.38. The fourth-order valence-electron chi connectivity index (χ4n) is 5.47. The summed E-state index contributed by atoms with van der Waals surface area (Å²) in [6.07, 6.45) is 0.757. The molecule has 14 heteroatoms. The molecule has 3 amide bonds. The number of carbonyl (C=O) groups excluding carboxylic acids is 4. The molecule has 264 valence electrons. The first-order chi connectivity index (χ1) is 23.2. The van der Waals surface area contributed by atoms with Gasteiger partial charge in [-0.15, -0.1) is 10.2 Å². The number of benzene rings is 2. The number of amides is 3. The van der Waals surface area contributed by atoms with Crippen LogP contribution in [0.4, 0.5) is 4.79 Å². The maximum atomic E-state index is 13.4. The number of rotatable bonds is 11. The molecule has 1 fully saturated rings. The molecular weight excluding hydrogens is 632 g/mol. The third-order valence-electron chi connectivity index (χ3n) is 7.95. The summed E-state index contributed by atoms with van der Waals surface area (Å²) in [5.41, 5.74) is 1.24.